The SMILES string of the molecule is Cc1cc(N)n2nc(-c3ccccn3)nc2c1.O=CN1CCCCCCC1. The van der Waals surface area contributed by atoms with Crippen molar-refractivity contribution in [1.82, 2.24) is 24.5 Å². The molecule has 4 heterocycles. The number of anilines is 1. The van der Waals surface area contributed by atoms with Crippen LogP contribution >= 0.6 is 0 Å². The van der Waals surface area contributed by atoms with E-state index in [4.69, 9.17) is 5.73 Å². The minimum atomic E-state index is 0.578. The fourth-order valence-electron chi connectivity index (χ4n) is 3.13. The second kappa shape index (κ2) is 9.12. The molecule has 27 heavy (non-hydrogen) atoms. The van der Waals surface area contributed by atoms with Crippen molar-refractivity contribution in [1.29, 1.82) is 0 Å². The highest BCUT2D eigenvalue weighted by Crippen LogP contribution is 2.16. The van der Waals surface area contributed by atoms with Gasteiger partial charge in [0.15, 0.2) is 5.65 Å². The summed E-state index contributed by atoms with van der Waals surface area (Å²) < 4.78 is 1.62. The highest BCUT2D eigenvalue weighted by molar-refractivity contribution is 5.57. The molecule has 1 aliphatic heterocycles. The summed E-state index contributed by atoms with van der Waals surface area (Å²) in [6, 6.07) is 9.44. The number of aromatic nitrogens is 4. The van der Waals surface area contributed by atoms with E-state index in [-0.39, 0.29) is 0 Å². The van der Waals surface area contributed by atoms with Crippen LogP contribution < -0.4 is 5.73 Å². The first-order valence-electron chi connectivity index (χ1n) is 9.41. The molecular formula is C20H26N6O. The van der Waals surface area contributed by atoms with Crippen LogP contribution in [0.25, 0.3) is 17.2 Å². The van der Waals surface area contributed by atoms with Gasteiger partial charge in [-0.05, 0) is 49.6 Å². The molecule has 1 saturated heterocycles. The van der Waals surface area contributed by atoms with Crippen LogP contribution in [0.1, 0.15) is 37.7 Å². The number of carbonyl (C=O) groups excluding carboxylic acids is 1. The van der Waals surface area contributed by atoms with Gasteiger partial charge in [0.1, 0.15) is 11.5 Å². The number of pyridine rings is 2. The molecule has 3 aromatic rings. The Kier molecular flexibility index (Phi) is 6.35. The van der Waals surface area contributed by atoms with E-state index in [0.29, 0.717) is 11.6 Å². The Labute approximate surface area is 159 Å². The molecule has 7 heteroatoms. The molecule has 0 aliphatic carbocycles. The average Bonchev–Trinajstić information content (AvgIpc) is 3.07. The van der Waals surface area contributed by atoms with E-state index in [2.05, 4.69) is 15.1 Å². The molecule has 3 aromatic heterocycles. The van der Waals surface area contributed by atoms with E-state index in [0.717, 1.165) is 36.4 Å². The van der Waals surface area contributed by atoms with Gasteiger partial charge in [-0.25, -0.2) is 4.98 Å². The average molecular weight is 366 g/mol. The number of likely N-dealkylation sites (tertiary alicyclic amines) is 1. The summed E-state index contributed by atoms with van der Waals surface area (Å²) in [7, 11) is 0. The molecular weight excluding hydrogens is 340 g/mol. The minimum Gasteiger partial charge on any atom is -0.384 e. The third-order valence-electron chi connectivity index (χ3n) is 4.54. The van der Waals surface area contributed by atoms with Crippen LogP contribution in [0.3, 0.4) is 0 Å². The molecule has 1 aliphatic rings. The summed E-state index contributed by atoms with van der Waals surface area (Å²) in [6.07, 6.45) is 9.03. The zero-order valence-corrected chi connectivity index (χ0v) is 15.7. The molecule has 1 fully saturated rings. The van der Waals surface area contributed by atoms with Gasteiger partial charge in [0.05, 0.1) is 0 Å². The third-order valence-corrected chi connectivity index (χ3v) is 4.54. The van der Waals surface area contributed by atoms with Crippen molar-refractivity contribution in [3.8, 4) is 11.5 Å². The van der Waals surface area contributed by atoms with Gasteiger partial charge < -0.3 is 10.6 Å². The summed E-state index contributed by atoms with van der Waals surface area (Å²) in [5.74, 6) is 1.16. The Bertz CT molecular complexity index is 869. The fraction of sp³-hybridized carbons (Fsp3) is 0.400. The molecule has 0 atom stereocenters. The lowest BCUT2D eigenvalue weighted by Gasteiger charge is -2.19. The summed E-state index contributed by atoms with van der Waals surface area (Å²) >= 11 is 0. The number of fused-ring (bicyclic) bond motifs is 1. The Morgan fingerprint density at radius 2 is 1.81 bits per heavy atom. The zero-order chi connectivity index (χ0) is 19.1. The van der Waals surface area contributed by atoms with Gasteiger partial charge in [-0.2, -0.15) is 4.52 Å². The van der Waals surface area contributed by atoms with Crippen molar-refractivity contribution in [2.75, 3.05) is 18.8 Å². The van der Waals surface area contributed by atoms with Crippen LogP contribution in [0.5, 0.6) is 0 Å². The molecule has 1 amide bonds. The van der Waals surface area contributed by atoms with Crippen molar-refractivity contribution in [2.45, 2.75) is 39.0 Å². The van der Waals surface area contributed by atoms with Crippen LogP contribution in [-0.4, -0.2) is 44.0 Å². The summed E-state index contributed by atoms with van der Waals surface area (Å²) in [5.41, 5.74) is 8.44. The highest BCUT2D eigenvalue weighted by atomic mass is 16.1. The maximum atomic E-state index is 10.4. The van der Waals surface area contributed by atoms with Gasteiger partial charge in [-0.1, -0.05) is 25.3 Å². The smallest absolute Gasteiger partial charge is 0.209 e. The number of hydrogen-bond acceptors (Lipinski definition) is 5. The lowest BCUT2D eigenvalue weighted by Crippen LogP contribution is -2.25. The Hall–Kier alpha value is -2.96. The molecule has 7 nitrogen and oxygen atoms in total. The predicted molar refractivity (Wildman–Crippen MR) is 106 cm³/mol. The van der Waals surface area contributed by atoms with Gasteiger partial charge >= 0.3 is 0 Å². The Morgan fingerprint density at radius 3 is 2.48 bits per heavy atom. The highest BCUT2D eigenvalue weighted by Gasteiger charge is 2.09. The molecule has 142 valence electrons. The Balaban J connectivity index is 0.000000180. The van der Waals surface area contributed by atoms with E-state index in [1.54, 1.807) is 10.7 Å². The van der Waals surface area contributed by atoms with Crippen LogP contribution in [-0.2, 0) is 4.79 Å². The maximum absolute atomic E-state index is 10.4. The first-order chi connectivity index (χ1) is 13.2. The number of amides is 1. The van der Waals surface area contributed by atoms with Crippen LogP contribution in [0.2, 0.25) is 0 Å². The molecule has 0 spiro atoms. The molecule has 4 rings (SSSR count). The van der Waals surface area contributed by atoms with E-state index in [9.17, 15) is 4.79 Å². The van der Waals surface area contributed by atoms with Gasteiger partial charge in [-0.3, -0.25) is 9.78 Å². The van der Waals surface area contributed by atoms with E-state index >= 15 is 0 Å². The van der Waals surface area contributed by atoms with Gasteiger partial charge in [0.2, 0.25) is 12.2 Å². The van der Waals surface area contributed by atoms with Crippen molar-refractivity contribution in [3.63, 3.8) is 0 Å². The normalized spacial score (nSPS) is 14.8. The number of rotatable bonds is 2. The second-order valence-corrected chi connectivity index (χ2v) is 6.79. The van der Waals surface area contributed by atoms with Gasteiger partial charge in [0.25, 0.3) is 0 Å². The van der Waals surface area contributed by atoms with Gasteiger partial charge in [-0.15, -0.1) is 5.10 Å². The molecule has 0 aromatic carbocycles. The van der Waals surface area contributed by atoms with Crippen molar-refractivity contribution in [3.05, 3.63) is 42.1 Å². The first-order valence-corrected chi connectivity index (χ1v) is 9.41. The largest absolute Gasteiger partial charge is 0.384 e. The van der Waals surface area contributed by atoms with Crippen LogP contribution in [0.4, 0.5) is 5.82 Å². The first kappa shape index (κ1) is 18.8. The lowest BCUT2D eigenvalue weighted by molar-refractivity contribution is -0.118. The topological polar surface area (TPSA) is 89.4 Å². The lowest BCUT2D eigenvalue weighted by atomic mass is 10.1. The third kappa shape index (κ3) is 5.03. The maximum Gasteiger partial charge on any atom is 0.209 e. The van der Waals surface area contributed by atoms with E-state index in [1.165, 1.54) is 32.1 Å². The second-order valence-electron chi connectivity index (χ2n) is 6.79. The monoisotopic (exact) mass is 366 g/mol. The van der Waals surface area contributed by atoms with Crippen molar-refractivity contribution < 1.29 is 4.79 Å². The molecule has 0 unspecified atom stereocenters. The number of nitrogens with zero attached hydrogens (tertiary/aromatic N) is 5. The summed E-state index contributed by atoms with van der Waals surface area (Å²) in [5, 5.41) is 4.34. The van der Waals surface area contributed by atoms with Crippen LogP contribution in [0, 0.1) is 6.92 Å². The zero-order valence-electron chi connectivity index (χ0n) is 15.7. The number of hydrogen-bond donors (Lipinski definition) is 1. The number of aryl methyl sites for hydroxylation is 1. The Morgan fingerprint density at radius 1 is 1.07 bits per heavy atom. The van der Waals surface area contributed by atoms with Crippen LogP contribution in [0.15, 0.2) is 36.5 Å². The predicted octanol–water partition coefficient (Wildman–Crippen LogP) is 3.09. The van der Waals surface area contributed by atoms with E-state index in [1.807, 2.05) is 42.2 Å². The quantitative estimate of drug-likeness (QED) is 0.704. The summed E-state index contributed by atoms with van der Waals surface area (Å²) in [4.78, 5) is 20.9. The molecule has 0 bridgehead atoms. The molecule has 0 saturated carbocycles. The van der Waals surface area contributed by atoms with E-state index < -0.39 is 0 Å². The summed E-state index contributed by atoms with van der Waals surface area (Å²) in [6.45, 7) is 3.93. The molecule has 2 N–H and O–H groups in total. The molecule has 0 radical (unpaired) electrons. The number of nitrogens with two attached hydrogens (primary N) is 1. The van der Waals surface area contributed by atoms with Crippen molar-refractivity contribution >= 4 is 17.9 Å². The van der Waals surface area contributed by atoms with Crippen molar-refractivity contribution in [2.24, 2.45) is 0 Å². The standard InChI is InChI=1S/C12H11N5.C8H15NO/c1-8-6-10(13)17-11(7-8)15-12(16-17)9-4-2-3-5-14-9;10-8-9-6-4-2-1-3-5-7-9/h2-7H,13H2,1H3;8H,1-7H2. The number of carbonyl (C=O) groups is 1. The fourth-order valence-corrected chi connectivity index (χ4v) is 3.13. The number of nitrogen functional groups attached to an aromatic ring is 1. The minimum absolute atomic E-state index is 0.578. The van der Waals surface area contributed by atoms with Gasteiger partial charge in [0, 0.05) is 19.3 Å².